The Morgan fingerprint density at radius 1 is 0.938 bits per heavy atom. The number of carbonyl (C=O) groups is 1. The predicted molar refractivity (Wildman–Crippen MR) is 71.7 cm³/mol. The highest BCUT2D eigenvalue weighted by Gasteiger charge is 2.14. The monoisotopic (exact) mass is 226 g/mol. The minimum Gasteiger partial charge on any atom is -0.300 e. The second-order valence-corrected chi connectivity index (χ2v) is 5.72. The lowest BCUT2D eigenvalue weighted by Gasteiger charge is -2.21. The molecule has 0 atom stereocenters. The molecule has 0 spiro atoms. The third kappa shape index (κ3) is 8.94. The van der Waals surface area contributed by atoms with Crippen molar-refractivity contribution in [3.63, 3.8) is 0 Å². The van der Waals surface area contributed by atoms with Gasteiger partial charge in [-0.15, -0.1) is 0 Å². The van der Waals surface area contributed by atoms with Gasteiger partial charge in [0.2, 0.25) is 0 Å². The molecule has 0 N–H and O–H groups in total. The molecule has 0 amide bonds. The predicted octanol–water partition coefficient (Wildman–Crippen LogP) is 5.13. The standard InChI is InChI=1S/C15H30O/c1-5-7-8-9-11-14(16)12-10-13-15(3,4)6-2/h5-13H2,1-4H3. The Morgan fingerprint density at radius 2 is 1.56 bits per heavy atom. The van der Waals surface area contributed by atoms with Crippen molar-refractivity contribution in [3.8, 4) is 0 Å². The van der Waals surface area contributed by atoms with Crippen molar-refractivity contribution in [1.29, 1.82) is 0 Å². The molecule has 0 radical (unpaired) electrons. The van der Waals surface area contributed by atoms with Gasteiger partial charge in [-0.05, 0) is 24.7 Å². The molecule has 0 saturated carbocycles. The average Bonchev–Trinajstić information content (AvgIpc) is 2.24. The van der Waals surface area contributed by atoms with Crippen molar-refractivity contribution in [1.82, 2.24) is 0 Å². The Morgan fingerprint density at radius 3 is 2.12 bits per heavy atom. The summed E-state index contributed by atoms with van der Waals surface area (Å²) in [4.78, 5) is 11.6. The molecule has 0 heterocycles. The zero-order valence-corrected chi connectivity index (χ0v) is 11.8. The lowest BCUT2D eigenvalue weighted by Crippen LogP contribution is -2.10. The van der Waals surface area contributed by atoms with Crippen LogP contribution in [-0.4, -0.2) is 5.78 Å². The van der Waals surface area contributed by atoms with Crippen LogP contribution in [0.25, 0.3) is 0 Å². The largest absolute Gasteiger partial charge is 0.300 e. The number of Topliss-reactive ketones (excluding diaryl/α,β-unsaturated/α-hetero) is 1. The van der Waals surface area contributed by atoms with Gasteiger partial charge in [0, 0.05) is 12.8 Å². The SMILES string of the molecule is CCCCCCC(=O)CCCC(C)(C)CC. The number of carbonyl (C=O) groups excluding carboxylic acids is 1. The Hall–Kier alpha value is -0.330. The highest BCUT2D eigenvalue weighted by Crippen LogP contribution is 2.26. The van der Waals surface area contributed by atoms with Gasteiger partial charge in [-0.3, -0.25) is 4.79 Å². The molecule has 0 saturated heterocycles. The van der Waals surface area contributed by atoms with Crippen LogP contribution >= 0.6 is 0 Å². The molecule has 0 bridgehead atoms. The Labute approximate surface area is 102 Å². The second kappa shape index (κ2) is 8.78. The fraction of sp³-hybridized carbons (Fsp3) is 0.933. The Balaban J connectivity index is 3.44. The number of hydrogen-bond donors (Lipinski definition) is 0. The zero-order valence-electron chi connectivity index (χ0n) is 11.8. The molecule has 0 aliphatic heterocycles. The highest BCUT2D eigenvalue weighted by atomic mass is 16.1. The molecule has 0 fully saturated rings. The van der Waals surface area contributed by atoms with Crippen molar-refractivity contribution >= 4 is 5.78 Å². The van der Waals surface area contributed by atoms with Crippen LogP contribution in [0.5, 0.6) is 0 Å². The van der Waals surface area contributed by atoms with E-state index in [-0.39, 0.29) is 0 Å². The van der Waals surface area contributed by atoms with Crippen LogP contribution in [-0.2, 0) is 4.79 Å². The molecule has 0 aromatic rings. The first-order valence-electron chi connectivity index (χ1n) is 7.03. The summed E-state index contributed by atoms with van der Waals surface area (Å²) in [5.41, 5.74) is 0.419. The molecule has 0 aliphatic carbocycles. The van der Waals surface area contributed by atoms with Gasteiger partial charge in [-0.2, -0.15) is 0 Å². The topological polar surface area (TPSA) is 17.1 Å². The normalized spacial score (nSPS) is 11.8. The fourth-order valence-electron chi connectivity index (χ4n) is 1.81. The van der Waals surface area contributed by atoms with E-state index >= 15 is 0 Å². The number of unbranched alkanes of at least 4 members (excludes halogenated alkanes) is 3. The van der Waals surface area contributed by atoms with Gasteiger partial charge >= 0.3 is 0 Å². The molecule has 0 unspecified atom stereocenters. The second-order valence-electron chi connectivity index (χ2n) is 5.72. The van der Waals surface area contributed by atoms with Gasteiger partial charge in [-0.25, -0.2) is 0 Å². The van der Waals surface area contributed by atoms with Crippen molar-refractivity contribution in [2.75, 3.05) is 0 Å². The summed E-state index contributed by atoms with van der Waals surface area (Å²) in [6.07, 6.45) is 9.93. The van der Waals surface area contributed by atoms with Crippen molar-refractivity contribution in [2.45, 2.75) is 85.5 Å². The van der Waals surface area contributed by atoms with Crippen molar-refractivity contribution in [2.24, 2.45) is 5.41 Å². The van der Waals surface area contributed by atoms with E-state index in [9.17, 15) is 4.79 Å². The van der Waals surface area contributed by atoms with E-state index in [4.69, 9.17) is 0 Å². The van der Waals surface area contributed by atoms with E-state index in [1.165, 1.54) is 32.1 Å². The number of ketones is 1. The van der Waals surface area contributed by atoms with Crippen LogP contribution in [0.2, 0.25) is 0 Å². The summed E-state index contributed by atoms with van der Waals surface area (Å²) in [5.74, 6) is 0.475. The third-order valence-corrected chi connectivity index (χ3v) is 3.58. The van der Waals surface area contributed by atoms with Crippen LogP contribution in [0, 0.1) is 5.41 Å². The molecule has 96 valence electrons. The summed E-state index contributed by atoms with van der Waals surface area (Å²) in [7, 11) is 0. The summed E-state index contributed by atoms with van der Waals surface area (Å²) >= 11 is 0. The van der Waals surface area contributed by atoms with E-state index < -0.39 is 0 Å². The molecule has 1 heteroatoms. The third-order valence-electron chi connectivity index (χ3n) is 3.58. The summed E-state index contributed by atoms with van der Waals surface area (Å²) < 4.78 is 0. The molecule has 0 aromatic heterocycles. The number of hydrogen-bond acceptors (Lipinski definition) is 1. The maximum Gasteiger partial charge on any atom is 0.132 e. The molecule has 0 aliphatic rings. The molecular weight excluding hydrogens is 196 g/mol. The highest BCUT2D eigenvalue weighted by molar-refractivity contribution is 5.78. The minimum atomic E-state index is 0.419. The first kappa shape index (κ1) is 15.7. The van der Waals surface area contributed by atoms with Crippen LogP contribution in [0.15, 0.2) is 0 Å². The minimum absolute atomic E-state index is 0.419. The molecule has 0 aromatic carbocycles. The van der Waals surface area contributed by atoms with Gasteiger partial charge in [0.1, 0.15) is 5.78 Å². The van der Waals surface area contributed by atoms with Crippen LogP contribution < -0.4 is 0 Å². The zero-order chi connectivity index (χ0) is 12.4. The van der Waals surface area contributed by atoms with Gasteiger partial charge in [0.05, 0.1) is 0 Å². The smallest absolute Gasteiger partial charge is 0.132 e. The Kier molecular flexibility index (Phi) is 8.60. The maximum absolute atomic E-state index is 11.6. The summed E-state index contributed by atoms with van der Waals surface area (Å²) in [6, 6.07) is 0. The molecular formula is C15H30O. The summed E-state index contributed by atoms with van der Waals surface area (Å²) in [6.45, 7) is 9.01. The maximum atomic E-state index is 11.6. The van der Waals surface area contributed by atoms with E-state index in [1.807, 2.05) is 0 Å². The molecule has 16 heavy (non-hydrogen) atoms. The van der Waals surface area contributed by atoms with Crippen LogP contribution in [0.1, 0.15) is 85.5 Å². The quantitative estimate of drug-likeness (QED) is 0.472. The molecule has 0 rings (SSSR count). The van der Waals surface area contributed by atoms with Crippen LogP contribution in [0.4, 0.5) is 0 Å². The lowest BCUT2D eigenvalue weighted by molar-refractivity contribution is -0.119. The average molecular weight is 226 g/mol. The van der Waals surface area contributed by atoms with Crippen molar-refractivity contribution < 1.29 is 4.79 Å². The fourth-order valence-corrected chi connectivity index (χ4v) is 1.81. The van der Waals surface area contributed by atoms with Crippen molar-refractivity contribution in [3.05, 3.63) is 0 Å². The van der Waals surface area contributed by atoms with Gasteiger partial charge < -0.3 is 0 Å². The Bertz CT molecular complexity index is 182. The van der Waals surface area contributed by atoms with E-state index in [2.05, 4.69) is 27.7 Å². The van der Waals surface area contributed by atoms with E-state index in [0.717, 1.165) is 25.7 Å². The number of rotatable bonds is 10. The first-order valence-corrected chi connectivity index (χ1v) is 7.03. The first-order chi connectivity index (χ1) is 7.52. The molecule has 1 nitrogen and oxygen atoms in total. The summed E-state index contributed by atoms with van der Waals surface area (Å²) in [5, 5.41) is 0. The lowest BCUT2D eigenvalue weighted by atomic mass is 9.84. The van der Waals surface area contributed by atoms with Gasteiger partial charge in [0.25, 0.3) is 0 Å². The van der Waals surface area contributed by atoms with E-state index in [0.29, 0.717) is 11.2 Å². The van der Waals surface area contributed by atoms with E-state index in [1.54, 1.807) is 0 Å². The van der Waals surface area contributed by atoms with Gasteiger partial charge in [0.15, 0.2) is 0 Å². The van der Waals surface area contributed by atoms with Gasteiger partial charge in [-0.1, -0.05) is 53.4 Å². The van der Waals surface area contributed by atoms with Crippen LogP contribution in [0.3, 0.4) is 0 Å².